The molecule has 0 saturated carbocycles. The van der Waals surface area contributed by atoms with Gasteiger partial charge in [0.2, 0.25) is 0 Å². The predicted octanol–water partition coefficient (Wildman–Crippen LogP) is 2.92. The first-order chi connectivity index (χ1) is 6.63. The van der Waals surface area contributed by atoms with E-state index in [4.69, 9.17) is 4.74 Å². The molecule has 1 rings (SSSR count). The Morgan fingerprint density at radius 2 is 2.07 bits per heavy atom. The number of hydrogen-bond donors (Lipinski definition) is 1. The van der Waals surface area contributed by atoms with Crippen molar-refractivity contribution >= 4 is 0 Å². The van der Waals surface area contributed by atoms with Gasteiger partial charge in [-0.3, -0.25) is 0 Å². The second kappa shape index (κ2) is 5.01. The van der Waals surface area contributed by atoms with Crippen LogP contribution in [0.25, 0.3) is 0 Å². The van der Waals surface area contributed by atoms with Crippen LogP contribution in [0, 0.1) is 0 Å². The van der Waals surface area contributed by atoms with E-state index in [9.17, 15) is 5.11 Å². The summed E-state index contributed by atoms with van der Waals surface area (Å²) in [7, 11) is 0. The van der Waals surface area contributed by atoms with Gasteiger partial charge < -0.3 is 9.84 Å². The second-order valence-electron chi connectivity index (χ2n) is 3.59. The fourth-order valence-electron chi connectivity index (χ4n) is 1.16. The molecule has 2 nitrogen and oxygen atoms in total. The van der Waals surface area contributed by atoms with E-state index in [1.165, 1.54) is 0 Å². The van der Waals surface area contributed by atoms with E-state index < -0.39 is 6.10 Å². The summed E-state index contributed by atoms with van der Waals surface area (Å²) < 4.78 is 5.64. The predicted molar refractivity (Wildman–Crippen MR) is 57.5 cm³/mol. The summed E-state index contributed by atoms with van der Waals surface area (Å²) in [5, 5.41) is 9.38. The number of ether oxygens (including phenoxy) is 1. The van der Waals surface area contributed by atoms with Crippen molar-refractivity contribution < 1.29 is 9.84 Å². The van der Waals surface area contributed by atoms with E-state index in [-0.39, 0.29) is 6.10 Å². The van der Waals surface area contributed by atoms with Crippen molar-refractivity contribution in [3.05, 3.63) is 29.8 Å². The van der Waals surface area contributed by atoms with Crippen molar-refractivity contribution in [1.29, 1.82) is 0 Å². The molecular weight excluding hydrogens is 176 g/mol. The lowest BCUT2D eigenvalue weighted by Crippen LogP contribution is -2.09. The Hall–Kier alpha value is -1.02. The summed E-state index contributed by atoms with van der Waals surface area (Å²) in [4.78, 5) is 0. The molecule has 0 radical (unpaired) electrons. The van der Waals surface area contributed by atoms with Gasteiger partial charge in [0, 0.05) is 0 Å². The maximum Gasteiger partial charge on any atom is 0.120 e. The van der Waals surface area contributed by atoms with Crippen LogP contribution in [0.5, 0.6) is 5.75 Å². The van der Waals surface area contributed by atoms with E-state index in [0.29, 0.717) is 0 Å². The first kappa shape index (κ1) is 11.1. The fraction of sp³-hybridized carbons (Fsp3) is 0.500. The third kappa shape index (κ3) is 3.04. The topological polar surface area (TPSA) is 29.5 Å². The number of benzene rings is 1. The van der Waals surface area contributed by atoms with Gasteiger partial charge in [0.25, 0.3) is 0 Å². The molecule has 1 aromatic rings. The molecular formula is C12H18O2. The summed E-state index contributed by atoms with van der Waals surface area (Å²) in [5.74, 6) is 0.831. The van der Waals surface area contributed by atoms with Gasteiger partial charge in [-0.15, -0.1) is 0 Å². The van der Waals surface area contributed by atoms with Crippen LogP contribution in [-0.2, 0) is 0 Å². The van der Waals surface area contributed by atoms with Gasteiger partial charge in [0.15, 0.2) is 0 Å². The highest BCUT2D eigenvalue weighted by Gasteiger charge is 2.04. The molecule has 2 atom stereocenters. The Balaban J connectivity index is 2.73. The standard InChI is InChI=1S/C12H18O2/c1-4-9(2)14-12-7-5-6-11(8-12)10(3)13/h5-10,13H,4H2,1-3H3/t9?,10-/m0/s1. The Kier molecular flexibility index (Phi) is 3.96. The van der Waals surface area contributed by atoms with E-state index in [1.807, 2.05) is 31.2 Å². The molecule has 0 heterocycles. The third-order valence-electron chi connectivity index (χ3n) is 2.25. The molecule has 0 bridgehead atoms. The van der Waals surface area contributed by atoms with Crippen LogP contribution in [-0.4, -0.2) is 11.2 Å². The molecule has 0 saturated heterocycles. The Morgan fingerprint density at radius 3 is 2.64 bits per heavy atom. The van der Waals surface area contributed by atoms with Crippen molar-refractivity contribution in [2.45, 2.75) is 39.4 Å². The van der Waals surface area contributed by atoms with E-state index in [1.54, 1.807) is 6.92 Å². The zero-order valence-electron chi connectivity index (χ0n) is 9.03. The Bertz CT molecular complexity index is 281. The first-order valence-corrected chi connectivity index (χ1v) is 5.08. The molecule has 14 heavy (non-hydrogen) atoms. The normalized spacial score (nSPS) is 14.9. The molecule has 0 aromatic heterocycles. The molecule has 0 amide bonds. The highest BCUT2D eigenvalue weighted by atomic mass is 16.5. The summed E-state index contributed by atoms with van der Waals surface area (Å²) in [5.41, 5.74) is 0.894. The molecule has 0 aliphatic heterocycles. The van der Waals surface area contributed by atoms with Crippen molar-refractivity contribution in [2.24, 2.45) is 0 Å². The van der Waals surface area contributed by atoms with Gasteiger partial charge in [-0.2, -0.15) is 0 Å². The minimum Gasteiger partial charge on any atom is -0.491 e. The molecule has 1 N–H and O–H groups in total. The lowest BCUT2D eigenvalue weighted by molar-refractivity contribution is 0.195. The van der Waals surface area contributed by atoms with Crippen LogP contribution in [0.3, 0.4) is 0 Å². The minimum absolute atomic E-state index is 0.222. The quantitative estimate of drug-likeness (QED) is 0.798. The Morgan fingerprint density at radius 1 is 1.36 bits per heavy atom. The number of hydrogen-bond acceptors (Lipinski definition) is 2. The van der Waals surface area contributed by atoms with Gasteiger partial charge >= 0.3 is 0 Å². The lowest BCUT2D eigenvalue weighted by Gasteiger charge is -2.14. The van der Waals surface area contributed by atoms with Crippen molar-refractivity contribution in [3.63, 3.8) is 0 Å². The van der Waals surface area contributed by atoms with Crippen LogP contribution < -0.4 is 4.74 Å². The third-order valence-corrected chi connectivity index (χ3v) is 2.25. The van der Waals surface area contributed by atoms with Crippen LogP contribution in [0.2, 0.25) is 0 Å². The monoisotopic (exact) mass is 194 g/mol. The van der Waals surface area contributed by atoms with Crippen molar-refractivity contribution in [2.75, 3.05) is 0 Å². The Labute approximate surface area is 85.5 Å². The smallest absolute Gasteiger partial charge is 0.120 e. The summed E-state index contributed by atoms with van der Waals surface area (Å²) >= 11 is 0. The highest BCUT2D eigenvalue weighted by molar-refractivity contribution is 5.29. The van der Waals surface area contributed by atoms with Crippen molar-refractivity contribution in [1.82, 2.24) is 0 Å². The fourth-order valence-corrected chi connectivity index (χ4v) is 1.16. The summed E-state index contributed by atoms with van der Waals surface area (Å²) in [6.45, 7) is 5.88. The maximum atomic E-state index is 9.38. The minimum atomic E-state index is -0.435. The van der Waals surface area contributed by atoms with E-state index in [2.05, 4.69) is 6.92 Å². The maximum absolute atomic E-state index is 9.38. The molecule has 0 fully saturated rings. The molecule has 0 aliphatic carbocycles. The van der Waals surface area contributed by atoms with Crippen molar-refractivity contribution in [3.8, 4) is 5.75 Å². The zero-order valence-corrected chi connectivity index (χ0v) is 9.03. The molecule has 1 aromatic carbocycles. The van der Waals surface area contributed by atoms with Gasteiger partial charge in [0.1, 0.15) is 5.75 Å². The molecule has 1 unspecified atom stereocenters. The summed E-state index contributed by atoms with van der Waals surface area (Å²) in [6.07, 6.45) is 0.772. The molecule has 0 spiro atoms. The van der Waals surface area contributed by atoms with Crippen LogP contribution in [0.4, 0.5) is 0 Å². The zero-order chi connectivity index (χ0) is 10.6. The SMILES string of the molecule is CCC(C)Oc1cccc([C@H](C)O)c1. The molecule has 78 valence electrons. The average Bonchev–Trinajstić information content (AvgIpc) is 2.18. The van der Waals surface area contributed by atoms with Crippen LogP contribution in [0.1, 0.15) is 38.9 Å². The van der Waals surface area contributed by atoms with E-state index >= 15 is 0 Å². The number of aliphatic hydroxyl groups excluding tert-OH is 1. The van der Waals surface area contributed by atoms with Crippen LogP contribution >= 0.6 is 0 Å². The summed E-state index contributed by atoms with van der Waals surface area (Å²) in [6, 6.07) is 7.60. The lowest BCUT2D eigenvalue weighted by atomic mass is 10.1. The average molecular weight is 194 g/mol. The molecule has 2 heteroatoms. The first-order valence-electron chi connectivity index (χ1n) is 5.08. The largest absolute Gasteiger partial charge is 0.491 e. The number of aliphatic hydroxyl groups is 1. The van der Waals surface area contributed by atoms with E-state index in [0.717, 1.165) is 17.7 Å². The second-order valence-corrected chi connectivity index (χ2v) is 3.59. The highest BCUT2D eigenvalue weighted by Crippen LogP contribution is 2.20. The molecule has 0 aliphatic rings. The van der Waals surface area contributed by atoms with Gasteiger partial charge in [-0.1, -0.05) is 19.1 Å². The van der Waals surface area contributed by atoms with Crippen LogP contribution in [0.15, 0.2) is 24.3 Å². The van der Waals surface area contributed by atoms with Gasteiger partial charge in [-0.05, 0) is 38.0 Å². The van der Waals surface area contributed by atoms with Gasteiger partial charge in [-0.25, -0.2) is 0 Å². The van der Waals surface area contributed by atoms with Gasteiger partial charge in [0.05, 0.1) is 12.2 Å². The number of rotatable bonds is 4.